The first-order valence-electron chi connectivity index (χ1n) is 7.62. The van der Waals surface area contributed by atoms with Crippen molar-refractivity contribution >= 4 is 5.97 Å². The summed E-state index contributed by atoms with van der Waals surface area (Å²) in [6, 6.07) is 0. The fourth-order valence-electron chi connectivity index (χ4n) is 2.60. The number of unbranched alkanes of at least 4 members (excludes halogenated alkanes) is 1. The van der Waals surface area contributed by atoms with Crippen molar-refractivity contribution in [3.8, 4) is 0 Å². The molecule has 0 amide bonds. The van der Waals surface area contributed by atoms with Gasteiger partial charge in [0.1, 0.15) is 0 Å². The van der Waals surface area contributed by atoms with Crippen molar-refractivity contribution in [1.82, 2.24) is 5.32 Å². The van der Waals surface area contributed by atoms with Gasteiger partial charge >= 0.3 is 5.97 Å². The lowest BCUT2D eigenvalue weighted by atomic mass is 9.81. The molecule has 1 rings (SSSR count). The lowest BCUT2D eigenvalue weighted by Gasteiger charge is -2.27. The zero-order valence-electron chi connectivity index (χ0n) is 12.0. The van der Waals surface area contributed by atoms with Crippen LogP contribution in [-0.2, 0) is 9.53 Å². The molecule has 0 aromatic heterocycles. The van der Waals surface area contributed by atoms with E-state index in [1.54, 1.807) is 0 Å². The Balaban J connectivity index is 1.99. The lowest BCUT2D eigenvalue weighted by molar-refractivity contribution is -0.142. The Labute approximate surface area is 112 Å². The van der Waals surface area contributed by atoms with Gasteiger partial charge in [0, 0.05) is 0 Å². The van der Waals surface area contributed by atoms with Gasteiger partial charge in [-0.1, -0.05) is 39.5 Å². The van der Waals surface area contributed by atoms with Crippen LogP contribution in [0, 0.1) is 11.8 Å². The van der Waals surface area contributed by atoms with E-state index in [2.05, 4.69) is 19.2 Å². The highest BCUT2D eigenvalue weighted by Gasteiger charge is 2.19. The molecule has 0 aromatic carbocycles. The summed E-state index contributed by atoms with van der Waals surface area (Å²) < 4.78 is 5.10. The van der Waals surface area contributed by atoms with Crippen LogP contribution in [0.5, 0.6) is 0 Å². The highest BCUT2D eigenvalue weighted by Crippen LogP contribution is 2.29. The average molecular weight is 255 g/mol. The molecule has 0 spiro atoms. The number of carbonyl (C=O) groups is 1. The molecule has 18 heavy (non-hydrogen) atoms. The Kier molecular flexibility index (Phi) is 8.06. The van der Waals surface area contributed by atoms with Crippen molar-refractivity contribution in [2.45, 2.75) is 58.8 Å². The fraction of sp³-hybridized carbons (Fsp3) is 0.933. The molecule has 0 radical (unpaired) electrons. The van der Waals surface area contributed by atoms with E-state index < -0.39 is 0 Å². The number of carbonyl (C=O) groups excluding carboxylic acids is 1. The zero-order chi connectivity index (χ0) is 13.2. The number of nitrogens with one attached hydrogen (secondary N) is 1. The number of esters is 1. The molecule has 106 valence electrons. The van der Waals surface area contributed by atoms with Crippen LogP contribution < -0.4 is 5.32 Å². The number of rotatable bonds is 8. The molecule has 1 saturated carbocycles. The maximum Gasteiger partial charge on any atom is 0.319 e. The summed E-state index contributed by atoms with van der Waals surface area (Å²) in [6.07, 6.45) is 8.72. The quantitative estimate of drug-likeness (QED) is 0.535. The molecule has 3 nitrogen and oxygen atoms in total. The minimum Gasteiger partial charge on any atom is -0.465 e. The van der Waals surface area contributed by atoms with Crippen LogP contribution in [0.1, 0.15) is 58.8 Å². The molecular formula is C15H29NO2. The Morgan fingerprint density at radius 1 is 1.17 bits per heavy atom. The first kappa shape index (κ1) is 15.5. The number of hydrogen-bond acceptors (Lipinski definition) is 3. The van der Waals surface area contributed by atoms with E-state index in [1.807, 2.05) is 0 Å². The minimum absolute atomic E-state index is 0.106. The second-order valence-corrected chi connectivity index (χ2v) is 5.50. The first-order valence-corrected chi connectivity index (χ1v) is 7.62. The summed E-state index contributed by atoms with van der Waals surface area (Å²) in [4.78, 5) is 11.4. The SMILES string of the molecule is CCCCOC(=O)CNCC1CCC(CC)CC1. The van der Waals surface area contributed by atoms with Crippen LogP contribution in [-0.4, -0.2) is 25.7 Å². The molecule has 0 aliphatic heterocycles. The van der Waals surface area contributed by atoms with Crippen LogP contribution >= 0.6 is 0 Å². The van der Waals surface area contributed by atoms with Crippen molar-refractivity contribution in [3.63, 3.8) is 0 Å². The van der Waals surface area contributed by atoms with Gasteiger partial charge in [0.15, 0.2) is 0 Å². The normalized spacial score (nSPS) is 23.9. The third-order valence-corrected chi connectivity index (χ3v) is 4.01. The minimum atomic E-state index is -0.106. The summed E-state index contributed by atoms with van der Waals surface area (Å²) in [6.45, 7) is 6.30. The molecule has 0 aromatic rings. The number of ether oxygens (including phenoxy) is 1. The lowest BCUT2D eigenvalue weighted by Crippen LogP contribution is -2.31. The third kappa shape index (κ3) is 6.39. The Bertz CT molecular complexity index is 223. The van der Waals surface area contributed by atoms with Crippen molar-refractivity contribution in [3.05, 3.63) is 0 Å². The first-order chi connectivity index (χ1) is 8.76. The van der Waals surface area contributed by atoms with Crippen molar-refractivity contribution in [2.75, 3.05) is 19.7 Å². The van der Waals surface area contributed by atoms with E-state index in [4.69, 9.17) is 4.74 Å². The van der Waals surface area contributed by atoms with Crippen LogP contribution in [0.15, 0.2) is 0 Å². The molecule has 3 heteroatoms. The summed E-state index contributed by atoms with van der Waals surface area (Å²) in [5.74, 6) is 1.60. The molecule has 0 unspecified atom stereocenters. The Morgan fingerprint density at radius 3 is 2.44 bits per heavy atom. The van der Waals surface area contributed by atoms with Gasteiger partial charge in [-0.25, -0.2) is 0 Å². The summed E-state index contributed by atoms with van der Waals surface area (Å²) in [5.41, 5.74) is 0. The van der Waals surface area contributed by atoms with E-state index in [0.29, 0.717) is 13.2 Å². The van der Waals surface area contributed by atoms with E-state index in [1.165, 1.54) is 32.1 Å². The standard InChI is InChI=1S/C15H29NO2/c1-3-5-10-18-15(17)12-16-11-14-8-6-13(4-2)7-9-14/h13-14,16H,3-12H2,1-2H3. The van der Waals surface area contributed by atoms with Crippen molar-refractivity contribution < 1.29 is 9.53 Å². The van der Waals surface area contributed by atoms with Gasteiger partial charge < -0.3 is 10.1 Å². The molecular weight excluding hydrogens is 226 g/mol. The zero-order valence-corrected chi connectivity index (χ0v) is 12.0. The maximum absolute atomic E-state index is 11.4. The van der Waals surface area contributed by atoms with Crippen LogP contribution in [0.2, 0.25) is 0 Å². The molecule has 1 aliphatic rings. The van der Waals surface area contributed by atoms with E-state index in [-0.39, 0.29) is 5.97 Å². The van der Waals surface area contributed by atoms with E-state index in [0.717, 1.165) is 31.2 Å². The van der Waals surface area contributed by atoms with Crippen LogP contribution in [0.4, 0.5) is 0 Å². The molecule has 1 N–H and O–H groups in total. The highest BCUT2D eigenvalue weighted by atomic mass is 16.5. The van der Waals surface area contributed by atoms with Gasteiger partial charge in [-0.3, -0.25) is 4.79 Å². The smallest absolute Gasteiger partial charge is 0.319 e. The van der Waals surface area contributed by atoms with Gasteiger partial charge in [-0.15, -0.1) is 0 Å². The van der Waals surface area contributed by atoms with E-state index >= 15 is 0 Å². The molecule has 0 saturated heterocycles. The van der Waals surface area contributed by atoms with Gasteiger partial charge in [0.2, 0.25) is 0 Å². The molecule has 1 aliphatic carbocycles. The summed E-state index contributed by atoms with van der Waals surface area (Å²) in [5, 5.41) is 3.24. The van der Waals surface area contributed by atoms with Crippen molar-refractivity contribution in [1.29, 1.82) is 0 Å². The van der Waals surface area contributed by atoms with E-state index in [9.17, 15) is 4.79 Å². The number of hydrogen-bond donors (Lipinski definition) is 1. The summed E-state index contributed by atoms with van der Waals surface area (Å²) in [7, 11) is 0. The Morgan fingerprint density at radius 2 is 1.83 bits per heavy atom. The average Bonchev–Trinajstić information content (AvgIpc) is 2.40. The second-order valence-electron chi connectivity index (χ2n) is 5.50. The Hall–Kier alpha value is -0.570. The highest BCUT2D eigenvalue weighted by molar-refractivity contribution is 5.71. The fourth-order valence-corrected chi connectivity index (χ4v) is 2.60. The molecule has 0 bridgehead atoms. The predicted molar refractivity (Wildman–Crippen MR) is 74.5 cm³/mol. The van der Waals surface area contributed by atoms with Gasteiger partial charge in [-0.05, 0) is 37.6 Å². The summed E-state index contributed by atoms with van der Waals surface area (Å²) >= 11 is 0. The second kappa shape index (κ2) is 9.37. The van der Waals surface area contributed by atoms with Crippen molar-refractivity contribution in [2.24, 2.45) is 11.8 Å². The van der Waals surface area contributed by atoms with Crippen LogP contribution in [0.25, 0.3) is 0 Å². The van der Waals surface area contributed by atoms with Gasteiger partial charge in [-0.2, -0.15) is 0 Å². The van der Waals surface area contributed by atoms with Gasteiger partial charge in [0.25, 0.3) is 0 Å². The van der Waals surface area contributed by atoms with Gasteiger partial charge in [0.05, 0.1) is 13.2 Å². The molecule has 0 heterocycles. The largest absolute Gasteiger partial charge is 0.465 e. The van der Waals surface area contributed by atoms with Crippen LogP contribution in [0.3, 0.4) is 0 Å². The third-order valence-electron chi connectivity index (χ3n) is 4.01. The molecule has 1 fully saturated rings. The molecule has 0 atom stereocenters. The maximum atomic E-state index is 11.4. The topological polar surface area (TPSA) is 38.3 Å². The predicted octanol–water partition coefficient (Wildman–Crippen LogP) is 3.14. The monoisotopic (exact) mass is 255 g/mol.